The van der Waals surface area contributed by atoms with Crippen LogP contribution in [0, 0.1) is 11.3 Å². The van der Waals surface area contributed by atoms with Gasteiger partial charge in [-0.25, -0.2) is 0 Å². The maximum atomic E-state index is 9.37. The molecule has 2 heteroatoms. The van der Waals surface area contributed by atoms with Gasteiger partial charge in [-0.3, -0.25) is 0 Å². The molecule has 0 spiro atoms. The number of aryl methyl sites for hydroxylation is 1. The first kappa shape index (κ1) is 15.8. The predicted octanol–water partition coefficient (Wildman–Crippen LogP) is 6.19. The first-order chi connectivity index (χ1) is 10.3. The molecule has 110 valence electrons. The van der Waals surface area contributed by atoms with E-state index in [1.807, 2.05) is 6.07 Å². The highest BCUT2D eigenvalue weighted by Crippen LogP contribution is 2.27. The van der Waals surface area contributed by atoms with Gasteiger partial charge in [-0.1, -0.05) is 57.2 Å². The smallest absolute Gasteiger partial charge is 0.0994 e. The summed E-state index contributed by atoms with van der Waals surface area (Å²) < 4.78 is 0. The number of nitrogens with zero attached hydrogens (tertiary/aromatic N) is 1. The molecule has 2 rings (SSSR count). The molecule has 1 aromatic heterocycles. The molecule has 0 aliphatic rings. The molecule has 0 amide bonds. The van der Waals surface area contributed by atoms with Crippen LogP contribution in [0.3, 0.4) is 0 Å². The van der Waals surface area contributed by atoms with Gasteiger partial charge in [-0.2, -0.15) is 5.26 Å². The van der Waals surface area contributed by atoms with Gasteiger partial charge in [-0.15, -0.1) is 11.3 Å². The first-order valence-corrected chi connectivity index (χ1v) is 8.80. The van der Waals surface area contributed by atoms with E-state index in [0.29, 0.717) is 0 Å². The predicted molar refractivity (Wildman–Crippen MR) is 91.6 cm³/mol. The summed E-state index contributed by atoms with van der Waals surface area (Å²) >= 11 is 1.72. The maximum Gasteiger partial charge on any atom is 0.0994 e. The van der Waals surface area contributed by atoms with E-state index in [9.17, 15) is 5.26 Å². The quantitative estimate of drug-likeness (QED) is 0.533. The summed E-state index contributed by atoms with van der Waals surface area (Å²) in [6.07, 6.45) is 8.80. The summed E-state index contributed by atoms with van der Waals surface area (Å²) in [4.78, 5) is 1.23. The molecule has 0 aliphatic carbocycles. The third kappa shape index (κ3) is 4.72. The average Bonchev–Trinajstić information content (AvgIpc) is 3.05. The molecule has 0 saturated heterocycles. The molecule has 1 nitrogen and oxygen atoms in total. The van der Waals surface area contributed by atoms with Crippen LogP contribution in [-0.2, 0) is 6.42 Å². The SMILES string of the molecule is CCCCCCCCc1ccc(-c2cccs2)cc1C#N. The van der Waals surface area contributed by atoms with Crippen LogP contribution < -0.4 is 0 Å². The lowest BCUT2D eigenvalue weighted by molar-refractivity contribution is 0.607. The number of thiophene rings is 1. The second-order valence-corrected chi connectivity index (χ2v) is 6.43. The van der Waals surface area contributed by atoms with Crippen molar-refractivity contribution in [3.05, 3.63) is 46.8 Å². The Kier molecular flexibility index (Phi) is 6.50. The minimum absolute atomic E-state index is 0.842. The van der Waals surface area contributed by atoms with Gasteiger partial charge < -0.3 is 0 Å². The molecule has 0 N–H and O–H groups in total. The second kappa shape index (κ2) is 8.64. The molecule has 0 aliphatic heterocycles. The summed E-state index contributed by atoms with van der Waals surface area (Å²) in [5.41, 5.74) is 3.20. The highest BCUT2D eigenvalue weighted by atomic mass is 32.1. The van der Waals surface area contributed by atoms with E-state index >= 15 is 0 Å². The van der Waals surface area contributed by atoms with Crippen molar-refractivity contribution in [2.45, 2.75) is 51.9 Å². The standard InChI is InChI=1S/C19H23NS/c1-2-3-4-5-6-7-9-16-11-12-17(14-18(16)15-20)19-10-8-13-21-19/h8,10-14H,2-7,9H2,1H3. The zero-order chi connectivity index (χ0) is 14.9. The number of rotatable bonds is 8. The summed E-state index contributed by atoms with van der Waals surface area (Å²) in [6.45, 7) is 2.24. The fourth-order valence-electron chi connectivity index (χ4n) is 2.59. The van der Waals surface area contributed by atoms with Crippen molar-refractivity contribution in [3.8, 4) is 16.5 Å². The van der Waals surface area contributed by atoms with E-state index in [-0.39, 0.29) is 0 Å². The van der Waals surface area contributed by atoms with E-state index < -0.39 is 0 Å². The largest absolute Gasteiger partial charge is 0.192 e. The fourth-order valence-corrected chi connectivity index (χ4v) is 3.31. The number of hydrogen-bond acceptors (Lipinski definition) is 2. The van der Waals surface area contributed by atoms with Crippen LogP contribution in [0.15, 0.2) is 35.7 Å². The Hall–Kier alpha value is -1.59. The van der Waals surface area contributed by atoms with E-state index in [4.69, 9.17) is 0 Å². The minimum atomic E-state index is 0.842. The molecular formula is C19H23NS. The molecule has 21 heavy (non-hydrogen) atoms. The average molecular weight is 297 g/mol. The minimum Gasteiger partial charge on any atom is -0.192 e. The van der Waals surface area contributed by atoms with Gasteiger partial charge in [0.15, 0.2) is 0 Å². The van der Waals surface area contributed by atoms with Gasteiger partial charge in [0.2, 0.25) is 0 Å². The van der Waals surface area contributed by atoms with E-state index in [2.05, 4.69) is 42.6 Å². The molecule has 0 fully saturated rings. The Morgan fingerprint density at radius 1 is 1.05 bits per heavy atom. The lowest BCUT2D eigenvalue weighted by Crippen LogP contribution is -1.92. The fraction of sp³-hybridized carbons (Fsp3) is 0.421. The first-order valence-electron chi connectivity index (χ1n) is 7.92. The Balaban J connectivity index is 1.93. The molecule has 2 aromatic rings. The van der Waals surface area contributed by atoms with E-state index in [1.165, 1.54) is 49.0 Å². The van der Waals surface area contributed by atoms with Crippen LogP contribution in [0.1, 0.15) is 56.6 Å². The van der Waals surface area contributed by atoms with Gasteiger partial charge in [0.25, 0.3) is 0 Å². The number of hydrogen-bond donors (Lipinski definition) is 0. The van der Waals surface area contributed by atoms with Crippen LogP contribution in [0.2, 0.25) is 0 Å². The van der Waals surface area contributed by atoms with Crippen molar-refractivity contribution in [2.75, 3.05) is 0 Å². The van der Waals surface area contributed by atoms with Crippen molar-refractivity contribution >= 4 is 11.3 Å². The lowest BCUT2D eigenvalue weighted by Gasteiger charge is -2.06. The van der Waals surface area contributed by atoms with Crippen molar-refractivity contribution < 1.29 is 0 Å². The Bertz CT molecular complexity index is 578. The van der Waals surface area contributed by atoms with Crippen molar-refractivity contribution in [1.29, 1.82) is 5.26 Å². The van der Waals surface area contributed by atoms with Crippen molar-refractivity contribution in [2.24, 2.45) is 0 Å². The third-order valence-corrected chi connectivity index (χ3v) is 4.75. The van der Waals surface area contributed by atoms with Crippen LogP contribution >= 0.6 is 11.3 Å². The molecule has 0 bridgehead atoms. The highest BCUT2D eigenvalue weighted by Gasteiger charge is 2.06. The topological polar surface area (TPSA) is 23.8 Å². The second-order valence-electron chi connectivity index (χ2n) is 5.48. The van der Waals surface area contributed by atoms with Gasteiger partial charge in [0.1, 0.15) is 0 Å². The summed E-state index contributed by atoms with van der Waals surface area (Å²) in [5, 5.41) is 11.4. The van der Waals surface area contributed by atoms with Crippen LogP contribution in [0.5, 0.6) is 0 Å². The zero-order valence-corrected chi connectivity index (χ0v) is 13.6. The monoisotopic (exact) mass is 297 g/mol. The molecular weight excluding hydrogens is 274 g/mol. The molecule has 0 saturated carbocycles. The summed E-state index contributed by atoms with van der Waals surface area (Å²) in [6, 6.07) is 12.9. The molecule has 0 radical (unpaired) electrons. The Morgan fingerprint density at radius 2 is 1.86 bits per heavy atom. The highest BCUT2D eigenvalue weighted by molar-refractivity contribution is 7.13. The molecule has 0 unspecified atom stereocenters. The number of benzene rings is 1. The molecule has 1 heterocycles. The maximum absolute atomic E-state index is 9.37. The van der Waals surface area contributed by atoms with E-state index in [1.54, 1.807) is 11.3 Å². The van der Waals surface area contributed by atoms with Gasteiger partial charge in [0, 0.05) is 4.88 Å². The van der Waals surface area contributed by atoms with Crippen molar-refractivity contribution in [3.63, 3.8) is 0 Å². The lowest BCUT2D eigenvalue weighted by atomic mass is 9.98. The molecule has 1 aromatic carbocycles. The van der Waals surface area contributed by atoms with Gasteiger partial charge >= 0.3 is 0 Å². The Morgan fingerprint density at radius 3 is 2.57 bits per heavy atom. The number of unbranched alkanes of at least 4 members (excludes halogenated alkanes) is 5. The summed E-state index contributed by atoms with van der Waals surface area (Å²) in [5.74, 6) is 0. The van der Waals surface area contributed by atoms with Gasteiger partial charge in [-0.05, 0) is 41.5 Å². The normalized spacial score (nSPS) is 10.5. The molecule has 0 atom stereocenters. The zero-order valence-electron chi connectivity index (χ0n) is 12.8. The summed E-state index contributed by atoms with van der Waals surface area (Å²) in [7, 11) is 0. The van der Waals surface area contributed by atoms with Crippen molar-refractivity contribution in [1.82, 2.24) is 0 Å². The van der Waals surface area contributed by atoms with E-state index in [0.717, 1.165) is 17.5 Å². The van der Waals surface area contributed by atoms with Crippen LogP contribution in [-0.4, -0.2) is 0 Å². The van der Waals surface area contributed by atoms with Crippen LogP contribution in [0.4, 0.5) is 0 Å². The third-order valence-electron chi connectivity index (χ3n) is 3.84. The van der Waals surface area contributed by atoms with Gasteiger partial charge in [0.05, 0.1) is 11.6 Å². The van der Waals surface area contributed by atoms with Crippen LogP contribution in [0.25, 0.3) is 10.4 Å². The Labute approximate surface area is 132 Å². The number of nitriles is 1.